The van der Waals surface area contributed by atoms with E-state index in [4.69, 9.17) is 4.74 Å². The van der Waals surface area contributed by atoms with Crippen molar-refractivity contribution < 1.29 is 9.53 Å². The number of hydrogen-bond acceptors (Lipinski definition) is 5. The molecule has 0 atom stereocenters. The molecule has 120 valence electrons. The number of hydrogen-bond donors (Lipinski definition) is 1. The average Bonchev–Trinajstić information content (AvgIpc) is 2.62. The number of rotatable bonds is 4. The highest BCUT2D eigenvalue weighted by Crippen LogP contribution is 2.25. The number of benzene rings is 1. The van der Waals surface area contributed by atoms with E-state index < -0.39 is 0 Å². The monoisotopic (exact) mass is 312 g/mol. The summed E-state index contributed by atoms with van der Waals surface area (Å²) in [7, 11) is 1.61. The zero-order chi connectivity index (χ0) is 16.1. The van der Waals surface area contributed by atoms with E-state index in [9.17, 15) is 4.79 Å². The molecular formula is C17H20N4O2. The number of para-hydroxylation sites is 2. The summed E-state index contributed by atoms with van der Waals surface area (Å²) in [6, 6.07) is 9.17. The lowest BCUT2D eigenvalue weighted by Crippen LogP contribution is -2.36. The first-order valence-corrected chi connectivity index (χ1v) is 7.80. The lowest BCUT2D eigenvalue weighted by molar-refractivity contribution is 0.0718. The highest BCUT2D eigenvalue weighted by molar-refractivity contribution is 5.92. The van der Waals surface area contributed by atoms with Crippen LogP contribution in [-0.4, -0.2) is 41.0 Å². The third-order valence-corrected chi connectivity index (χ3v) is 3.87. The first kappa shape index (κ1) is 15.3. The van der Waals surface area contributed by atoms with Crippen LogP contribution in [0.4, 0.5) is 11.6 Å². The quantitative estimate of drug-likeness (QED) is 0.940. The van der Waals surface area contributed by atoms with E-state index in [0.29, 0.717) is 17.4 Å². The Morgan fingerprint density at radius 1 is 1.17 bits per heavy atom. The van der Waals surface area contributed by atoms with Gasteiger partial charge in [0.2, 0.25) is 5.95 Å². The summed E-state index contributed by atoms with van der Waals surface area (Å²) >= 11 is 0. The van der Waals surface area contributed by atoms with Crippen LogP contribution in [0, 0.1) is 0 Å². The van der Waals surface area contributed by atoms with Gasteiger partial charge in [0, 0.05) is 19.3 Å². The molecule has 1 N–H and O–H groups in total. The second-order valence-corrected chi connectivity index (χ2v) is 5.44. The molecule has 23 heavy (non-hydrogen) atoms. The fourth-order valence-electron chi connectivity index (χ4n) is 2.67. The first-order chi connectivity index (χ1) is 11.3. The van der Waals surface area contributed by atoms with Gasteiger partial charge in [0.05, 0.1) is 12.8 Å². The van der Waals surface area contributed by atoms with Crippen molar-refractivity contribution in [3.8, 4) is 5.75 Å². The average molecular weight is 312 g/mol. The fourth-order valence-corrected chi connectivity index (χ4v) is 2.67. The summed E-state index contributed by atoms with van der Waals surface area (Å²) in [6.07, 6.45) is 4.91. The lowest BCUT2D eigenvalue weighted by Gasteiger charge is -2.26. The van der Waals surface area contributed by atoms with Crippen molar-refractivity contribution in [1.82, 2.24) is 14.9 Å². The van der Waals surface area contributed by atoms with Crippen LogP contribution in [0.15, 0.2) is 36.5 Å². The van der Waals surface area contributed by atoms with Gasteiger partial charge in [0.15, 0.2) is 0 Å². The van der Waals surface area contributed by atoms with E-state index in [0.717, 1.165) is 31.6 Å². The maximum Gasteiger partial charge on any atom is 0.272 e. The van der Waals surface area contributed by atoms with Gasteiger partial charge in [-0.15, -0.1) is 0 Å². The maximum atomic E-state index is 12.5. The van der Waals surface area contributed by atoms with Crippen LogP contribution in [0.3, 0.4) is 0 Å². The number of piperidine rings is 1. The molecule has 0 radical (unpaired) electrons. The number of likely N-dealkylation sites (tertiary alicyclic amines) is 1. The van der Waals surface area contributed by atoms with Crippen LogP contribution in [0.25, 0.3) is 0 Å². The number of nitrogens with one attached hydrogen (secondary N) is 1. The summed E-state index contributed by atoms with van der Waals surface area (Å²) < 4.78 is 5.30. The Bertz CT molecular complexity index is 684. The second kappa shape index (κ2) is 7.09. The highest BCUT2D eigenvalue weighted by atomic mass is 16.5. The Kier molecular flexibility index (Phi) is 4.71. The van der Waals surface area contributed by atoms with E-state index in [2.05, 4.69) is 15.3 Å². The molecular weight excluding hydrogens is 292 g/mol. The van der Waals surface area contributed by atoms with Crippen molar-refractivity contribution in [2.45, 2.75) is 19.3 Å². The van der Waals surface area contributed by atoms with Crippen LogP contribution in [0.1, 0.15) is 29.8 Å². The maximum absolute atomic E-state index is 12.5. The van der Waals surface area contributed by atoms with Crippen molar-refractivity contribution in [3.05, 3.63) is 42.2 Å². The molecule has 1 aliphatic rings. The minimum absolute atomic E-state index is 0.0322. The number of nitrogens with zero attached hydrogens (tertiary/aromatic N) is 3. The van der Waals surface area contributed by atoms with Gasteiger partial charge < -0.3 is 15.0 Å². The van der Waals surface area contributed by atoms with Crippen molar-refractivity contribution in [3.63, 3.8) is 0 Å². The molecule has 0 bridgehead atoms. The predicted molar refractivity (Wildman–Crippen MR) is 88.1 cm³/mol. The van der Waals surface area contributed by atoms with Crippen LogP contribution in [-0.2, 0) is 0 Å². The van der Waals surface area contributed by atoms with E-state index >= 15 is 0 Å². The summed E-state index contributed by atoms with van der Waals surface area (Å²) in [5.74, 6) is 1.05. The molecule has 3 rings (SSSR count). The lowest BCUT2D eigenvalue weighted by atomic mass is 10.1. The molecule has 1 amide bonds. The van der Waals surface area contributed by atoms with Crippen LogP contribution >= 0.6 is 0 Å². The van der Waals surface area contributed by atoms with Crippen molar-refractivity contribution >= 4 is 17.5 Å². The highest BCUT2D eigenvalue weighted by Gasteiger charge is 2.19. The molecule has 6 nitrogen and oxygen atoms in total. The first-order valence-electron chi connectivity index (χ1n) is 7.80. The molecule has 2 heterocycles. The molecule has 1 aromatic carbocycles. The summed E-state index contributed by atoms with van der Waals surface area (Å²) in [5, 5.41) is 3.10. The number of carbonyl (C=O) groups excluding carboxylic acids is 1. The Morgan fingerprint density at radius 2 is 1.96 bits per heavy atom. The number of anilines is 2. The molecule has 1 aromatic heterocycles. The van der Waals surface area contributed by atoms with Crippen molar-refractivity contribution in [1.29, 1.82) is 0 Å². The Morgan fingerprint density at radius 3 is 2.74 bits per heavy atom. The fraction of sp³-hybridized carbons (Fsp3) is 0.353. The van der Waals surface area contributed by atoms with E-state index in [1.807, 2.05) is 29.2 Å². The standard InChI is InChI=1S/C17H20N4O2/c1-23-15-8-4-3-7-13(15)19-17-18-10-9-14(20-17)16(22)21-11-5-2-6-12-21/h3-4,7-10H,2,5-6,11-12H2,1H3,(H,18,19,20). The zero-order valence-electron chi connectivity index (χ0n) is 13.2. The second-order valence-electron chi connectivity index (χ2n) is 5.44. The number of carbonyl (C=O) groups is 1. The number of amides is 1. The van der Waals surface area contributed by atoms with Gasteiger partial charge in [-0.05, 0) is 37.5 Å². The smallest absolute Gasteiger partial charge is 0.272 e. The van der Waals surface area contributed by atoms with Crippen LogP contribution in [0.5, 0.6) is 5.75 Å². The molecule has 1 fully saturated rings. The molecule has 0 aliphatic carbocycles. The van der Waals surface area contributed by atoms with Gasteiger partial charge in [-0.2, -0.15) is 0 Å². The third-order valence-electron chi connectivity index (χ3n) is 3.87. The molecule has 0 saturated carbocycles. The number of aromatic nitrogens is 2. The topological polar surface area (TPSA) is 67.3 Å². The summed E-state index contributed by atoms with van der Waals surface area (Å²) in [5.41, 5.74) is 1.18. The van der Waals surface area contributed by atoms with E-state index in [1.165, 1.54) is 6.42 Å². The van der Waals surface area contributed by atoms with Gasteiger partial charge in [0.25, 0.3) is 5.91 Å². The zero-order valence-corrected chi connectivity index (χ0v) is 13.2. The molecule has 1 aliphatic heterocycles. The van der Waals surface area contributed by atoms with E-state index in [-0.39, 0.29) is 5.91 Å². The van der Waals surface area contributed by atoms with Gasteiger partial charge in [0.1, 0.15) is 11.4 Å². The molecule has 0 spiro atoms. The molecule has 1 saturated heterocycles. The van der Waals surface area contributed by atoms with E-state index in [1.54, 1.807) is 19.4 Å². The number of methoxy groups -OCH3 is 1. The molecule has 6 heteroatoms. The van der Waals surface area contributed by atoms with Gasteiger partial charge in [-0.1, -0.05) is 12.1 Å². The summed E-state index contributed by atoms with van der Waals surface area (Å²) in [4.78, 5) is 22.9. The van der Waals surface area contributed by atoms with Crippen molar-refractivity contribution in [2.75, 3.05) is 25.5 Å². The molecule has 0 unspecified atom stereocenters. The van der Waals surface area contributed by atoms with Crippen LogP contribution < -0.4 is 10.1 Å². The molecule has 2 aromatic rings. The Balaban J connectivity index is 1.78. The van der Waals surface area contributed by atoms with Crippen LogP contribution in [0.2, 0.25) is 0 Å². The van der Waals surface area contributed by atoms with Crippen molar-refractivity contribution in [2.24, 2.45) is 0 Å². The van der Waals surface area contributed by atoms with Gasteiger partial charge >= 0.3 is 0 Å². The minimum atomic E-state index is -0.0322. The minimum Gasteiger partial charge on any atom is -0.495 e. The number of ether oxygens (including phenoxy) is 1. The largest absolute Gasteiger partial charge is 0.495 e. The third kappa shape index (κ3) is 3.59. The predicted octanol–water partition coefficient (Wildman–Crippen LogP) is 2.85. The summed E-state index contributed by atoms with van der Waals surface area (Å²) in [6.45, 7) is 1.61. The normalized spacial score (nSPS) is 14.4. The Labute approximate surface area is 135 Å². The van der Waals surface area contributed by atoms with Gasteiger partial charge in [-0.3, -0.25) is 4.79 Å². The van der Waals surface area contributed by atoms with Gasteiger partial charge in [-0.25, -0.2) is 9.97 Å². The SMILES string of the molecule is COc1ccccc1Nc1nccc(C(=O)N2CCCCC2)n1. The Hall–Kier alpha value is -2.63.